The maximum atomic E-state index is 6.35. The number of fused-ring (bicyclic) bond motifs is 6. The van der Waals surface area contributed by atoms with Crippen molar-refractivity contribution >= 4 is 0 Å². The summed E-state index contributed by atoms with van der Waals surface area (Å²) in [4.78, 5) is 0. The second-order valence-corrected chi connectivity index (χ2v) is 7.05. The van der Waals surface area contributed by atoms with Gasteiger partial charge in [-0.1, -0.05) is 26.7 Å². The number of ether oxygens (including phenoxy) is 1. The molecule has 1 spiro atoms. The van der Waals surface area contributed by atoms with Crippen LogP contribution in [0.4, 0.5) is 0 Å². The van der Waals surface area contributed by atoms with Gasteiger partial charge in [0.05, 0.1) is 12.2 Å². The lowest BCUT2D eigenvalue weighted by Gasteiger charge is -2.40. The van der Waals surface area contributed by atoms with Crippen LogP contribution in [0.25, 0.3) is 0 Å². The van der Waals surface area contributed by atoms with Crippen molar-refractivity contribution in [3.63, 3.8) is 0 Å². The van der Waals surface area contributed by atoms with Crippen molar-refractivity contribution in [3.05, 3.63) is 0 Å². The molecule has 1 heteroatoms. The van der Waals surface area contributed by atoms with Crippen molar-refractivity contribution in [2.24, 2.45) is 35.5 Å². The third kappa shape index (κ3) is 0.978. The lowest BCUT2D eigenvalue weighted by atomic mass is 9.65. The van der Waals surface area contributed by atoms with Crippen LogP contribution in [0, 0.1) is 35.5 Å². The van der Waals surface area contributed by atoms with Gasteiger partial charge in [0.15, 0.2) is 0 Å². The molecule has 6 unspecified atom stereocenters. The summed E-state index contributed by atoms with van der Waals surface area (Å²) in [5, 5.41) is 0. The summed E-state index contributed by atoms with van der Waals surface area (Å²) in [7, 11) is 0. The Labute approximate surface area is 98.9 Å². The van der Waals surface area contributed by atoms with Gasteiger partial charge in [0.25, 0.3) is 0 Å². The van der Waals surface area contributed by atoms with E-state index in [0.29, 0.717) is 5.60 Å². The second-order valence-electron chi connectivity index (χ2n) is 7.05. The topological polar surface area (TPSA) is 9.23 Å². The average Bonchev–Trinajstić information content (AvgIpc) is 2.99. The van der Waals surface area contributed by atoms with Crippen molar-refractivity contribution in [2.75, 3.05) is 6.61 Å². The highest BCUT2D eigenvalue weighted by atomic mass is 16.5. The first-order chi connectivity index (χ1) is 7.73. The monoisotopic (exact) mass is 220 g/mol. The lowest BCUT2D eigenvalue weighted by molar-refractivity contribution is -0.0349. The molecule has 0 N–H and O–H groups in total. The Bertz CT molecular complexity index is 305. The van der Waals surface area contributed by atoms with Gasteiger partial charge in [0.1, 0.15) is 0 Å². The molecule has 2 bridgehead atoms. The van der Waals surface area contributed by atoms with Gasteiger partial charge in [-0.25, -0.2) is 0 Å². The molecule has 0 aromatic carbocycles. The van der Waals surface area contributed by atoms with Crippen LogP contribution in [0.5, 0.6) is 0 Å². The molecule has 1 saturated heterocycles. The highest BCUT2D eigenvalue weighted by Gasteiger charge is 2.65. The first kappa shape index (κ1) is 9.94. The molecular formula is C15H24O. The smallest absolute Gasteiger partial charge is 0.0717 e. The third-order valence-electron chi connectivity index (χ3n) is 6.82. The molecule has 1 aliphatic heterocycles. The Morgan fingerprint density at radius 3 is 2.38 bits per heavy atom. The summed E-state index contributed by atoms with van der Waals surface area (Å²) in [5.41, 5.74) is 0.360. The Morgan fingerprint density at radius 1 is 0.938 bits per heavy atom. The van der Waals surface area contributed by atoms with Crippen molar-refractivity contribution in [3.8, 4) is 0 Å². The van der Waals surface area contributed by atoms with Gasteiger partial charge in [-0.3, -0.25) is 0 Å². The Kier molecular flexibility index (Phi) is 1.89. The van der Waals surface area contributed by atoms with E-state index in [0.717, 1.165) is 42.1 Å². The third-order valence-corrected chi connectivity index (χ3v) is 6.82. The molecule has 3 saturated carbocycles. The van der Waals surface area contributed by atoms with Gasteiger partial charge in [-0.15, -0.1) is 0 Å². The van der Waals surface area contributed by atoms with Gasteiger partial charge in [-0.2, -0.15) is 0 Å². The van der Waals surface area contributed by atoms with E-state index in [2.05, 4.69) is 13.8 Å². The standard InChI is InChI=1S/C15H24O/c1-9-10(2)12-7-11(9)13-8-16-15(14(12)13)5-3-4-6-15/h9-14H,3-8H2,1-2H3. The summed E-state index contributed by atoms with van der Waals surface area (Å²) in [6, 6.07) is 0. The summed E-state index contributed by atoms with van der Waals surface area (Å²) in [5.74, 6) is 5.83. The predicted octanol–water partition coefficient (Wildman–Crippen LogP) is 3.48. The molecule has 90 valence electrons. The first-order valence-electron chi connectivity index (χ1n) is 7.37. The first-order valence-corrected chi connectivity index (χ1v) is 7.37. The SMILES string of the molecule is CC1C(C)C2CC1C1COC3(CCCC3)C21. The molecule has 1 heterocycles. The van der Waals surface area contributed by atoms with Gasteiger partial charge in [-0.05, 0) is 54.8 Å². The minimum Gasteiger partial charge on any atom is -0.374 e. The van der Waals surface area contributed by atoms with Crippen molar-refractivity contribution in [1.82, 2.24) is 0 Å². The highest BCUT2D eigenvalue weighted by Crippen LogP contribution is 2.66. The van der Waals surface area contributed by atoms with Crippen molar-refractivity contribution < 1.29 is 4.74 Å². The average molecular weight is 220 g/mol. The fourth-order valence-electron chi connectivity index (χ4n) is 5.96. The molecule has 0 radical (unpaired) electrons. The van der Waals surface area contributed by atoms with E-state index in [-0.39, 0.29) is 0 Å². The highest BCUT2D eigenvalue weighted by molar-refractivity contribution is 5.13. The van der Waals surface area contributed by atoms with E-state index in [1.165, 1.54) is 32.1 Å². The van der Waals surface area contributed by atoms with Crippen molar-refractivity contribution in [1.29, 1.82) is 0 Å². The number of rotatable bonds is 0. The van der Waals surface area contributed by atoms with Gasteiger partial charge >= 0.3 is 0 Å². The Hall–Kier alpha value is -0.0400. The lowest BCUT2D eigenvalue weighted by Crippen LogP contribution is -2.41. The minimum absolute atomic E-state index is 0.360. The molecule has 3 aliphatic carbocycles. The summed E-state index contributed by atoms with van der Waals surface area (Å²) < 4.78 is 6.35. The molecule has 4 rings (SSSR count). The van der Waals surface area contributed by atoms with E-state index in [9.17, 15) is 0 Å². The van der Waals surface area contributed by atoms with Gasteiger partial charge in [0, 0.05) is 0 Å². The molecule has 16 heavy (non-hydrogen) atoms. The van der Waals surface area contributed by atoms with Gasteiger partial charge < -0.3 is 4.74 Å². The fraction of sp³-hybridized carbons (Fsp3) is 1.00. The van der Waals surface area contributed by atoms with Crippen LogP contribution < -0.4 is 0 Å². The van der Waals surface area contributed by atoms with Crippen LogP contribution in [0.15, 0.2) is 0 Å². The van der Waals surface area contributed by atoms with E-state index < -0.39 is 0 Å². The molecular weight excluding hydrogens is 196 g/mol. The normalized spacial score (nSPS) is 57.4. The van der Waals surface area contributed by atoms with Crippen LogP contribution in [-0.2, 0) is 4.74 Å². The fourth-order valence-corrected chi connectivity index (χ4v) is 5.96. The Morgan fingerprint density at radius 2 is 1.62 bits per heavy atom. The molecule has 0 aromatic heterocycles. The zero-order valence-electron chi connectivity index (χ0n) is 10.6. The quantitative estimate of drug-likeness (QED) is 0.607. The molecule has 0 amide bonds. The van der Waals surface area contributed by atoms with Crippen molar-refractivity contribution in [2.45, 2.75) is 51.6 Å². The maximum absolute atomic E-state index is 6.35. The number of hydrogen-bond donors (Lipinski definition) is 0. The molecule has 6 atom stereocenters. The van der Waals surface area contributed by atoms with E-state index in [1.807, 2.05) is 0 Å². The molecule has 0 aromatic rings. The zero-order chi connectivity index (χ0) is 10.9. The van der Waals surface area contributed by atoms with E-state index in [1.54, 1.807) is 0 Å². The van der Waals surface area contributed by atoms with E-state index >= 15 is 0 Å². The summed E-state index contributed by atoms with van der Waals surface area (Å²) >= 11 is 0. The largest absolute Gasteiger partial charge is 0.374 e. The van der Waals surface area contributed by atoms with Crippen LogP contribution >= 0.6 is 0 Å². The minimum atomic E-state index is 0.360. The molecule has 1 nitrogen and oxygen atoms in total. The summed E-state index contributed by atoms with van der Waals surface area (Å²) in [6.07, 6.45) is 7.12. The predicted molar refractivity (Wildman–Crippen MR) is 64.1 cm³/mol. The summed E-state index contributed by atoms with van der Waals surface area (Å²) in [6.45, 7) is 6.10. The molecule has 4 fully saturated rings. The van der Waals surface area contributed by atoms with E-state index in [4.69, 9.17) is 4.74 Å². The zero-order valence-corrected chi connectivity index (χ0v) is 10.6. The van der Waals surface area contributed by atoms with Crippen LogP contribution in [0.3, 0.4) is 0 Å². The van der Waals surface area contributed by atoms with Crippen LogP contribution in [0.1, 0.15) is 46.0 Å². The number of hydrogen-bond acceptors (Lipinski definition) is 1. The second kappa shape index (κ2) is 3.04. The van der Waals surface area contributed by atoms with Gasteiger partial charge in [0.2, 0.25) is 0 Å². The molecule has 4 aliphatic rings. The Balaban J connectivity index is 1.70. The van der Waals surface area contributed by atoms with Crippen LogP contribution in [-0.4, -0.2) is 12.2 Å². The maximum Gasteiger partial charge on any atom is 0.0717 e. The van der Waals surface area contributed by atoms with Crippen LogP contribution in [0.2, 0.25) is 0 Å².